The Balaban J connectivity index is 2.06. The maximum Gasteiger partial charge on any atom is 0.148 e. The predicted octanol–water partition coefficient (Wildman–Crippen LogP) is 3.78. The van der Waals surface area contributed by atoms with E-state index in [1.807, 2.05) is 37.3 Å². The molecule has 4 heteroatoms. The Morgan fingerprint density at radius 1 is 1.40 bits per heavy atom. The summed E-state index contributed by atoms with van der Waals surface area (Å²) in [6, 6.07) is 9.88. The molecule has 2 aromatic rings. The van der Waals surface area contributed by atoms with Crippen molar-refractivity contribution in [1.29, 1.82) is 0 Å². The van der Waals surface area contributed by atoms with Crippen LogP contribution in [0, 0.1) is 19.3 Å². The van der Waals surface area contributed by atoms with Gasteiger partial charge in [-0.25, -0.2) is 4.98 Å². The minimum atomic E-state index is 0.274. The zero-order valence-electron chi connectivity index (χ0n) is 11.2. The molecule has 1 heterocycles. The van der Waals surface area contributed by atoms with E-state index in [0.29, 0.717) is 6.54 Å². The number of terminal acetylenes is 1. The highest BCUT2D eigenvalue weighted by molar-refractivity contribution is 9.10. The molecule has 0 bridgehead atoms. The lowest BCUT2D eigenvalue weighted by molar-refractivity contribution is 0.366. The van der Waals surface area contributed by atoms with E-state index in [1.165, 1.54) is 0 Å². The minimum Gasteiger partial charge on any atom is -0.481 e. The van der Waals surface area contributed by atoms with Crippen LogP contribution >= 0.6 is 15.9 Å². The molecule has 1 aromatic carbocycles. The van der Waals surface area contributed by atoms with Crippen LogP contribution in [0.25, 0.3) is 0 Å². The second-order valence-electron chi connectivity index (χ2n) is 4.29. The number of nitrogens with zero attached hydrogens (tertiary/aromatic N) is 1. The van der Waals surface area contributed by atoms with Gasteiger partial charge >= 0.3 is 0 Å². The first kappa shape index (κ1) is 14.4. The van der Waals surface area contributed by atoms with Crippen LogP contribution in [0.2, 0.25) is 0 Å². The van der Waals surface area contributed by atoms with E-state index in [1.54, 1.807) is 6.20 Å². The second-order valence-corrected chi connectivity index (χ2v) is 5.04. The lowest BCUT2D eigenvalue weighted by atomic mass is 10.2. The van der Waals surface area contributed by atoms with Crippen LogP contribution < -0.4 is 10.1 Å². The quantitative estimate of drug-likeness (QED) is 0.669. The molecule has 0 amide bonds. The molecule has 0 unspecified atom stereocenters. The van der Waals surface area contributed by atoms with Gasteiger partial charge in [0, 0.05) is 12.1 Å². The predicted molar refractivity (Wildman–Crippen MR) is 84.8 cm³/mol. The Morgan fingerprint density at radius 2 is 2.20 bits per heavy atom. The molecule has 1 N–H and O–H groups in total. The third-order valence-corrected chi connectivity index (χ3v) is 3.61. The van der Waals surface area contributed by atoms with Gasteiger partial charge in [0.2, 0.25) is 0 Å². The summed E-state index contributed by atoms with van der Waals surface area (Å²) in [5, 5.41) is 3.33. The molecule has 0 radical (unpaired) electrons. The lowest BCUT2D eigenvalue weighted by Gasteiger charge is -2.11. The summed E-state index contributed by atoms with van der Waals surface area (Å²) in [5.41, 5.74) is 3.12. The average Bonchev–Trinajstić information content (AvgIpc) is 2.47. The van der Waals surface area contributed by atoms with Gasteiger partial charge in [-0.1, -0.05) is 24.1 Å². The zero-order chi connectivity index (χ0) is 14.4. The van der Waals surface area contributed by atoms with Gasteiger partial charge < -0.3 is 10.1 Å². The van der Waals surface area contributed by atoms with Gasteiger partial charge in [-0.2, -0.15) is 0 Å². The largest absolute Gasteiger partial charge is 0.481 e. The van der Waals surface area contributed by atoms with Crippen molar-refractivity contribution in [3.8, 4) is 18.1 Å². The Labute approximate surface area is 127 Å². The van der Waals surface area contributed by atoms with Gasteiger partial charge in [-0.05, 0) is 40.5 Å². The third kappa shape index (κ3) is 3.75. The van der Waals surface area contributed by atoms with Crippen molar-refractivity contribution in [1.82, 2.24) is 4.98 Å². The third-order valence-electron chi connectivity index (χ3n) is 2.78. The summed E-state index contributed by atoms with van der Waals surface area (Å²) >= 11 is 3.39. The Hall–Kier alpha value is -1.99. The van der Waals surface area contributed by atoms with Crippen molar-refractivity contribution in [3.63, 3.8) is 0 Å². The number of halogens is 1. The van der Waals surface area contributed by atoms with Gasteiger partial charge in [0.25, 0.3) is 0 Å². The van der Waals surface area contributed by atoms with Crippen molar-refractivity contribution in [2.45, 2.75) is 13.5 Å². The number of aromatic nitrogens is 1. The smallest absolute Gasteiger partial charge is 0.148 e. The van der Waals surface area contributed by atoms with Crippen LogP contribution in [-0.2, 0) is 6.54 Å². The number of ether oxygens (including phenoxy) is 1. The number of pyridine rings is 1. The zero-order valence-corrected chi connectivity index (χ0v) is 12.8. The molecule has 0 saturated heterocycles. The lowest BCUT2D eigenvalue weighted by Crippen LogP contribution is -2.04. The molecule has 102 valence electrons. The van der Waals surface area contributed by atoms with Crippen molar-refractivity contribution in [2.24, 2.45) is 0 Å². The van der Waals surface area contributed by atoms with Gasteiger partial charge in [-0.15, -0.1) is 6.42 Å². The van der Waals surface area contributed by atoms with E-state index >= 15 is 0 Å². The summed E-state index contributed by atoms with van der Waals surface area (Å²) < 4.78 is 6.38. The maximum absolute atomic E-state index is 5.52. The normalized spacial score (nSPS) is 9.85. The molecule has 0 spiro atoms. The molecule has 0 aliphatic rings. The number of hydrogen-bond donors (Lipinski definition) is 1. The number of aryl methyl sites for hydroxylation is 1. The Morgan fingerprint density at radius 3 is 2.95 bits per heavy atom. The first-order chi connectivity index (χ1) is 9.70. The number of nitrogens with one attached hydrogen (secondary N) is 1. The second kappa shape index (κ2) is 6.97. The van der Waals surface area contributed by atoms with Crippen LogP contribution in [0.15, 0.2) is 41.1 Å². The van der Waals surface area contributed by atoms with Crippen LogP contribution in [0.1, 0.15) is 11.1 Å². The molecule has 0 fully saturated rings. The summed E-state index contributed by atoms with van der Waals surface area (Å²) in [7, 11) is 0. The molecule has 0 saturated carbocycles. The molecule has 0 aliphatic heterocycles. The molecule has 20 heavy (non-hydrogen) atoms. The van der Waals surface area contributed by atoms with Crippen molar-refractivity contribution < 1.29 is 4.74 Å². The van der Waals surface area contributed by atoms with Crippen LogP contribution in [0.3, 0.4) is 0 Å². The number of anilines is 1. The van der Waals surface area contributed by atoms with Crippen molar-refractivity contribution >= 4 is 21.6 Å². The molecular weight excluding hydrogens is 316 g/mol. The maximum atomic E-state index is 5.52. The van der Waals surface area contributed by atoms with Crippen LogP contribution in [0.5, 0.6) is 5.75 Å². The molecule has 2 rings (SSSR count). The highest BCUT2D eigenvalue weighted by Gasteiger charge is 2.03. The summed E-state index contributed by atoms with van der Waals surface area (Å²) in [6.07, 6.45) is 7.01. The van der Waals surface area contributed by atoms with Gasteiger partial charge in [-0.3, -0.25) is 0 Å². The first-order valence-electron chi connectivity index (χ1n) is 6.21. The van der Waals surface area contributed by atoms with E-state index in [9.17, 15) is 0 Å². The van der Waals surface area contributed by atoms with E-state index in [2.05, 4.69) is 32.2 Å². The Kier molecular flexibility index (Phi) is 5.03. The van der Waals surface area contributed by atoms with E-state index in [0.717, 1.165) is 27.2 Å². The molecule has 3 nitrogen and oxygen atoms in total. The SMILES string of the molecule is C#CCOc1ccccc1CNc1cnc(Br)c(C)c1. The average molecular weight is 331 g/mol. The van der Waals surface area contributed by atoms with Gasteiger partial charge in [0.15, 0.2) is 0 Å². The monoisotopic (exact) mass is 330 g/mol. The van der Waals surface area contributed by atoms with Crippen LogP contribution in [-0.4, -0.2) is 11.6 Å². The standard InChI is InChI=1S/C16H15BrN2O/c1-3-8-20-15-7-5-4-6-13(15)10-18-14-9-12(2)16(17)19-11-14/h1,4-7,9,11,18H,8,10H2,2H3. The fourth-order valence-corrected chi connectivity index (χ4v) is 1.98. The molecule has 0 atom stereocenters. The van der Waals surface area contributed by atoms with E-state index in [4.69, 9.17) is 11.2 Å². The fourth-order valence-electron chi connectivity index (χ4n) is 1.76. The van der Waals surface area contributed by atoms with Gasteiger partial charge in [0.1, 0.15) is 17.0 Å². The summed E-state index contributed by atoms with van der Waals surface area (Å²) in [4.78, 5) is 4.26. The minimum absolute atomic E-state index is 0.274. The van der Waals surface area contributed by atoms with E-state index in [-0.39, 0.29) is 6.61 Å². The topological polar surface area (TPSA) is 34.1 Å². The summed E-state index contributed by atoms with van der Waals surface area (Å²) in [6.45, 7) is 2.94. The summed E-state index contributed by atoms with van der Waals surface area (Å²) in [5.74, 6) is 3.28. The van der Waals surface area contributed by atoms with Crippen LogP contribution in [0.4, 0.5) is 5.69 Å². The number of rotatable bonds is 5. The fraction of sp³-hybridized carbons (Fsp3) is 0.188. The van der Waals surface area contributed by atoms with Crippen molar-refractivity contribution in [3.05, 3.63) is 52.3 Å². The highest BCUT2D eigenvalue weighted by Crippen LogP contribution is 2.21. The number of benzene rings is 1. The molecule has 0 aliphatic carbocycles. The van der Waals surface area contributed by atoms with Crippen molar-refractivity contribution in [2.75, 3.05) is 11.9 Å². The molecular formula is C16H15BrN2O. The molecule has 1 aromatic heterocycles. The van der Waals surface area contributed by atoms with E-state index < -0.39 is 0 Å². The highest BCUT2D eigenvalue weighted by atomic mass is 79.9. The number of hydrogen-bond acceptors (Lipinski definition) is 3. The number of para-hydroxylation sites is 1. The van der Waals surface area contributed by atoms with Gasteiger partial charge in [0.05, 0.1) is 11.9 Å². The first-order valence-corrected chi connectivity index (χ1v) is 7.00. The Bertz CT molecular complexity index is 635.